The molecule has 0 spiro atoms. The van der Waals surface area contributed by atoms with Crippen molar-refractivity contribution in [1.82, 2.24) is 14.5 Å². The van der Waals surface area contributed by atoms with Crippen molar-refractivity contribution < 1.29 is 13.2 Å². The third-order valence-electron chi connectivity index (χ3n) is 5.12. The van der Waals surface area contributed by atoms with E-state index >= 15 is 0 Å². The normalized spacial score (nSPS) is 15.1. The summed E-state index contributed by atoms with van der Waals surface area (Å²) in [7, 11) is 2.35. The predicted octanol–water partition coefficient (Wildman–Crippen LogP) is 0.873. The smallest absolute Gasteiger partial charge is 0.258 e. The number of ether oxygens (including phenoxy) is 1. The molecule has 0 bridgehead atoms. The molecule has 1 aliphatic rings. The van der Waals surface area contributed by atoms with Gasteiger partial charge in [-0.2, -0.15) is 0 Å². The van der Waals surface area contributed by atoms with Gasteiger partial charge in [0.25, 0.3) is 5.56 Å². The minimum absolute atomic E-state index is 0.00525. The first-order valence-electron chi connectivity index (χ1n) is 9.82. The summed E-state index contributed by atoms with van der Waals surface area (Å²) in [4.78, 5) is 23.4. The zero-order valence-electron chi connectivity index (χ0n) is 17.0. The number of anilines is 1. The molecule has 1 saturated heterocycles. The van der Waals surface area contributed by atoms with Crippen LogP contribution in [0, 0.1) is 0 Å². The quantitative estimate of drug-likeness (QED) is 0.548. The van der Waals surface area contributed by atoms with E-state index in [2.05, 4.69) is 14.9 Å². The molecular weight excluding hydrogens is 415 g/mol. The van der Waals surface area contributed by atoms with Crippen LogP contribution in [-0.4, -0.2) is 56.2 Å². The van der Waals surface area contributed by atoms with Crippen LogP contribution in [0.3, 0.4) is 0 Å². The van der Waals surface area contributed by atoms with Crippen LogP contribution in [0.1, 0.15) is 12.8 Å². The van der Waals surface area contributed by atoms with Crippen molar-refractivity contribution in [2.24, 2.45) is 0 Å². The lowest BCUT2D eigenvalue weighted by molar-refractivity contribution is 0.170. The standard InChI is InChI=1S/C21H21BN4O4S/c1-31(28,29)19-4-2-16(3-5-19)26-11-8-18(12-20(26)27)30-17-6-9-25(10-7-17)21-23-13-15(22)14-24-21/h2-5,8,11-14,17H,6-7,9-10H2,1H3. The lowest BCUT2D eigenvalue weighted by Gasteiger charge is -2.32. The molecule has 4 rings (SSSR count). The molecule has 8 nitrogen and oxygen atoms in total. The van der Waals surface area contributed by atoms with E-state index in [0.29, 0.717) is 22.8 Å². The third kappa shape index (κ3) is 4.96. The van der Waals surface area contributed by atoms with Gasteiger partial charge < -0.3 is 9.64 Å². The maximum atomic E-state index is 12.6. The van der Waals surface area contributed by atoms with Crippen molar-refractivity contribution in [3.8, 4) is 11.4 Å². The fourth-order valence-electron chi connectivity index (χ4n) is 3.46. The average molecular weight is 436 g/mol. The highest BCUT2D eigenvalue weighted by molar-refractivity contribution is 7.90. The van der Waals surface area contributed by atoms with E-state index in [-0.39, 0.29) is 16.6 Å². The molecule has 0 unspecified atom stereocenters. The molecule has 1 aromatic carbocycles. The summed E-state index contributed by atoms with van der Waals surface area (Å²) in [5.41, 5.74) is 0.862. The minimum Gasteiger partial charge on any atom is -0.490 e. The first kappa shape index (κ1) is 21.1. The first-order chi connectivity index (χ1) is 14.8. The predicted molar refractivity (Wildman–Crippen MR) is 118 cm³/mol. The van der Waals surface area contributed by atoms with Crippen LogP contribution in [0.15, 0.2) is 64.7 Å². The van der Waals surface area contributed by atoms with E-state index in [0.717, 1.165) is 32.2 Å². The van der Waals surface area contributed by atoms with Crippen LogP contribution in [0.25, 0.3) is 5.69 Å². The van der Waals surface area contributed by atoms with Crippen LogP contribution >= 0.6 is 0 Å². The summed E-state index contributed by atoms with van der Waals surface area (Å²) in [6.07, 6.45) is 7.52. The van der Waals surface area contributed by atoms with Crippen LogP contribution < -0.4 is 20.7 Å². The fraction of sp³-hybridized carbons (Fsp3) is 0.286. The van der Waals surface area contributed by atoms with Gasteiger partial charge in [-0.25, -0.2) is 18.4 Å². The molecule has 1 fully saturated rings. The van der Waals surface area contributed by atoms with Crippen LogP contribution in [0.2, 0.25) is 0 Å². The van der Waals surface area contributed by atoms with Gasteiger partial charge in [0.1, 0.15) is 19.7 Å². The maximum absolute atomic E-state index is 12.6. The number of hydrogen-bond acceptors (Lipinski definition) is 7. The molecule has 31 heavy (non-hydrogen) atoms. The highest BCUT2D eigenvalue weighted by atomic mass is 32.2. The van der Waals surface area contributed by atoms with Gasteiger partial charge in [0.15, 0.2) is 9.84 Å². The Kier molecular flexibility index (Phi) is 5.82. The monoisotopic (exact) mass is 436 g/mol. The summed E-state index contributed by atoms with van der Waals surface area (Å²) in [5, 5.41) is 0. The van der Waals surface area contributed by atoms with Crippen LogP contribution in [0.4, 0.5) is 5.95 Å². The number of benzene rings is 1. The Hall–Kier alpha value is -3.14. The molecule has 2 radical (unpaired) electrons. The van der Waals surface area contributed by atoms with Crippen molar-refractivity contribution >= 4 is 29.1 Å². The van der Waals surface area contributed by atoms with Crippen LogP contribution in [-0.2, 0) is 9.84 Å². The number of piperidine rings is 1. The van der Waals surface area contributed by atoms with Crippen molar-refractivity contribution in [3.63, 3.8) is 0 Å². The number of sulfone groups is 1. The molecule has 158 valence electrons. The zero-order valence-corrected chi connectivity index (χ0v) is 17.8. The second kappa shape index (κ2) is 8.54. The minimum atomic E-state index is -3.28. The molecule has 0 N–H and O–H groups in total. The molecule has 2 aromatic heterocycles. The second-order valence-electron chi connectivity index (χ2n) is 7.46. The van der Waals surface area contributed by atoms with Crippen molar-refractivity contribution in [2.45, 2.75) is 23.8 Å². The summed E-state index contributed by atoms with van der Waals surface area (Å²) in [6, 6.07) is 9.36. The van der Waals surface area contributed by atoms with Crippen molar-refractivity contribution in [2.75, 3.05) is 24.2 Å². The zero-order chi connectivity index (χ0) is 22.0. The topological polar surface area (TPSA) is 94.4 Å². The molecule has 0 saturated carbocycles. The summed E-state index contributed by atoms with van der Waals surface area (Å²) in [5.74, 6) is 1.16. The summed E-state index contributed by atoms with van der Waals surface area (Å²) in [6.45, 7) is 1.50. The lowest BCUT2D eigenvalue weighted by Crippen LogP contribution is -2.39. The van der Waals surface area contributed by atoms with Gasteiger partial charge in [-0.15, -0.1) is 0 Å². The highest BCUT2D eigenvalue weighted by Gasteiger charge is 2.22. The molecule has 10 heteroatoms. The summed E-state index contributed by atoms with van der Waals surface area (Å²) >= 11 is 0. The van der Waals surface area contributed by atoms with Gasteiger partial charge in [-0.05, 0) is 30.3 Å². The van der Waals surface area contributed by atoms with E-state index < -0.39 is 9.84 Å². The van der Waals surface area contributed by atoms with E-state index in [4.69, 9.17) is 12.6 Å². The molecule has 0 amide bonds. The number of hydrogen-bond donors (Lipinski definition) is 0. The van der Waals surface area contributed by atoms with Gasteiger partial charge in [0.05, 0.1) is 4.90 Å². The van der Waals surface area contributed by atoms with E-state index in [1.165, 1.54) is 22.8 Å². The van der Waals surface area contributed by atoms with Crippen molar-refractivity contribution in [1.29, 1.82) is 0 Å². The van der Waals surface area contributed by atoms with Gasteiger partial charge in [0.2, 0.25) is 5.95 Å². The number of rotatable bonds is 5. The number of nitrogens with zero attached hydrogens (tertiary/aromatic N) is 4. The molecule has 1 aliphatic heterocycles. The Balaban J connectivity index is 1.40. The Morgan fingerprint density at radius 1 is 1.06 bits per heavy atom. The SMILES string of the molecule is [B]c1cnc(N2CCC(Oc3ccn(-c4ccc(S(C)(=O)=O)cc4)c(=O)c3)CC2)nc1. The summed E-state index contributed by atoms with van der Waals surface area (Å²) < 4.78 is 30.6. The van der Waals surface area contributed by atoms with Crippen molar-refractivity contribution in [3.05, 3.63) is 65.3 Å². The highest BCUT2D eigenvalue weighted by Crippen LogP contribution is 2.20. The van der Waals surface area contributed by atoms with Gasteiger partial charge in [-0.1, -0.05) is 5.46 Å². The van der Waals surface area contributed by atoms with Gasteiger partial charge in [0, 0.05) is 62.5 Å². The van der Waals surface area contributed by atoms with E-state index in [9.17, 15) is 13.2 Å². The molecule has 3 heterocycles. The largest absolute Gasteiger partial charge is 0.490 e. The van der Waals surface area contributed by atoms with Gasteiger partial charge in [-0.3, -0.25) is 9.36 Å². The average Bonchev–Trinajstić information content (AvgIpc) is 2.75. The number of aromatic nitrogens is 3. The molecule has 3 aromatic rings. The Bertz CT molecular complexity index is 1220. The van der Waals surface area contributed by atoms with Crippen LogP contribution in [0.5, 0.6) is 5.75 Å². The van der Waals surface area contributed by atoms with Gasteiger partial charge >= 0.3 is 0 Å². The Morgan fingerprint density at radius 3 is 2.29 bits per heavy atom. The van der Waals surface area contributed by atoms with E-state index in [1.54, 1.807) is 36.8 Å². The first-order valence-corrected chi connectivity index (χ1v) is 11.7. The maximum Gasteiger partial charge on any atom is 0.258 e. The fourth-order valence-corrected chi connectivity index (χ4v) is 4.09. The molecular formula is C21H21BN4O4S. The molecule has 0 atom stereocenters. The van der Waals surface area contributed by atoms with E-state index in [1.807, 2.05) is 0 Å². The lowest BCUT2D eigenvalue weighted by atomic mass is 10.0. The third-order valence-corrected chi connectivity index (χ3v) is 6.25. The molecule has 0 aliphatic carbocycles. The number of pyridine rings is 1. The Morgan fingerprint density at radius 2 is 1.71 bits per heavy atom. The second-order valence-corrected chi connectivity index (χ2v) is 9.47. The Labute approximate surface area is 181 Å².